The van der Waals surface area contributed by atoms with Crippen molar-refractivity contribution in [3.8, 4) is 0 Å². The third kappa shape index (κ3) is 4.15. The summed E-state index contributed by atoms with van der Waals surface area (Å²) in [5.74, 6) is 0.0637. The second-order valence-electron chi connectivity index (χ2n) is 4.57. The van der Waals surface area contributed by atoms with Gasteiger partial charge in [-0.15, -0.1) is 0 Å². The fourth-order valence-corrected chi connectivity index (χ4v) is 2.03. The summed E-state index contributed by atoms with van der Waals surface area (Å²) >= 11 is 0. The van der Waals surface area contributed by atoms with Crippen LogP contribution in [0.4, 0.5) is 0 Å². The molecule has 1 amide bonds. The molecule has 1 N–H and O–H groups in total. The largest absolute Gasteiger partial charge is 0.349 e. The molecule has 2 rings (SSSR count). The molecule has 2 aromatic heterocycles. The van der Waals surface area contributed by atoms with Crippen LogP contribution in [0.5, 0.6) is 0 Å². The number of amides is 1. The van der Waals surface area contributed by atoms with Gasteiger partial charge in [0, 0.05) is 25.4 Å². The first-order valence-corrected chi connectivity index (χ1v) is 6.81. The van der Waals surface area contributed by atoms with E-state index in [0.29, 0.717) is 13.0 Å². The summed E-state index contributed by atoms with van der Waals surface area (Å²) in [6.07, 6.45) is 8.74. The molecule has 2 heterocycles. The van der Waals surface area contributed by atoms with E-state index in [1.54, 1.807) is 23.4 Å². The molecule has 0 fully saturated rings. The zero-order valence-corrected chi connectivity index (χ0v) is 11.6. The molecule has 2 aromatic rings. The fourth-order valence-electron chi connectivity index (χ4n) is 2.03. The Morgan fingerprint density at radius 1 is 1.35 bits per heavy atom. The molecule has 6 nitrogen and oxygen atoms in total. The van der Waals surface area contributed by atoms with Crippen LogP contribution in [0.25, 0.3) is 0 Å². The molecule has 20 heavy (non-hydrogen) atoms. The molecular formula is C14H19N5O. The molecule has 0 aliphatic rings. The lowest BCUT2D eigenvalue weighted by atomic mass is 10.1. The maximum absolute atomic E-state index is 11.9. The van der Waals surface area contributed by atoms with Crippen molar-refractivity contribution in [1.29, 1.82) is 0 Å². The van der Waals surface area contributed by atoms with Crippen LogP contribution >= 0.6 is 0 Å². The van der Waals surface area contributed by atoms with Gasteiger partial charge < -0.3 is 5.32 Å². The SMILES string of the molecule is CCC(NC(=O)CCCn1cncn1)c1ccncc1. The Hall–Kier alpha value is -2.24. The number of carbonyl (C=O) groups is 1. The first-order valence-electron chi connectivity index (χ1n) is 6.81. The van der Waals surface area contributed by atoms with E-state index in [1.165, 1.54) is 6.33 Å². The van der Waals surface area contributed by atoms with Crippen molar-refractivity contribution in [3.05, 3.63) is 42.7 Å². The van der Waals surface area contributed by atoms with Gasteiger partial charge in [0.05, 0.1) is 6.04 Å². The molecule has 0 saturated carbocycles. The van der Waals surface area contributed by atoms with Crippen molar-refractivity contribution in [2.75, 3.05) is 0 Å². The third-order valence-corrected chi connectivity index (χ3v) is 3.11. The Balaban J connectivity index is 1.78. The Morgan fingerprint density at radius 2 is 2.15 bits per heavy atom. The second-order valence-corrected chi connectivity index (χ2v) is 4.57. The van der Waals surface area contributed by atoms with E-state index in [9.17, 15) is 4.79 Å². The van der Waals surface area contributed by atoms with Crippen molar-refractivity contribution in [2.24, 2.45) is 0 Å². The Labute approximate surface area is 118 Å². The summed E-state index contributed by atoms with van der Waals surface area (Å²) in [5.41, 5.74) is 1.09. The zero-order valence-electron chi connectivity index (χ0n) is 11.6. The summed E-state index contributed by atoms with van der Waals surface area (Å²) < 4.78 is 1.73. The van der Waals surface area contributed by atoms with Crippen LogP contribution < -0.4 is 5.32 Å². The second kappa shape index (κ2) is 7.37. The average Bonchev–Trinajstić information content (AvgIpc) is 2.99. The van der Waals surface area contributed by atoms with Gasteiger partial charge in [0.2, 0.25) is 5.91 Å². The number of hydrogen-bond donors (Lipinski definition) is 1. The third-order valence-electron chi connectivity index (χ3n) is 3.11. The van der Waals surface area contributed by atoms with E-state index in [4.69, 9.17) is 0 Å². The predicted molar refractivity (Wildman–Crippen MR) is 74.7 cm³/mol. The van der Waals surface area contributed by atoms with Crippen LogP contribution in [0.15, 0.2) is 37.2 Å². The van der Waals surface area contributed by atoms with Gasteiger partial charge in [-0.2, -0.15) is 5.10 Å². The summed E-state index contributed by atoms with van der Waals surface area (Å²) in [6, 6.07) is 3.92. The maximum atomic E-state index is 11.9. The van der Waals surface area contributed by atoms with Crippen LogP contribution in [-0.4, -0.2) is 25.7 Å². The van der Waals surface area contributed by atoms with E-state index in [2.05, 4.69) is 27.3 Å². The molecule has 0 spiro atoms. The van der Waals surface area contributed by atoms with E-state index >= 15 is 0 Å². The number of hydrogen-bond acceptors (Lipinski definition) is 4. The Morgan fingerprint density at radius 3 is 2.80 bits per heavy atom. The van der Waals surface area contributed by atoms with Crippen molar-refractivity contribution in [3.63, 3.8) is 0 Å². The van der Waals surface area contributed by atoms with E-state index < -0.39 is 0 Å². The van der Waals surface area contributed by atoms with Crippen LogP contribution in [-0.2, 0) is 11.3 Å². The van der Waals surface area contributed by atoms with Crippen molar-refractivity contribution >= 4 is 5.91 Å². The molecule has 0 aliphatic heterocycles. The zero-order chi connectivity index (χ0) is 14.2. The Bertz CT molecular complexity index is 512. The fraction of sp³-hybridized carbons (Fsp3) is 0.429. The van der Waals surface area contributed by atoms with Gasteiger partial charge in [0.15, 0.2) is 0 Å². The molecule has 106 valence electrons. The monoisotopic (exact) mass is 273 g/mol. The van der Waals surface area contributed by atoms with Gasteiger partial charge in [-0.25, -0.2) is 4.98 Å². The normalized spacial score (nSPS) is 12.1. The maximum Gasteiger partial charge on any atom is 0.220 e. The van der Waals surface area contributed by atoms with E-state index in [1.807, 2.05) is 12.1 Å². The van der Waals surface area contributed by atoms with Crippen LogP contribution in [0.1, 0.15) is 37.8 Å². The number of aromatic nitrogens is 4. The highest BCUT2D eigenvalue weighted by atomic mass is 16.1. The lowest BCUT2D eigenvalue weighted by Crippen LogP contribution is -2.28. The minimum absolute atomic E-state index is 0.0527. The van der Waals surface area contributed by atoms with Crippen molar-refractivity contribution in [2.45, 2.75) is 38.8 Å². The van der Waals surface area contributed by atoms with E-state index in [0.717, 1.165) is 18.4 Å². The van der Waals surface area contributed by atoms with Crippen molar-refractivity contribution < 1.29 is 4.79 Å². The number of pyridine rings is 1. The molecular weight excluding hydrogens is 254 g/mol. The lowest BCUT2D eigenvalue weighted by Gasteiger charge is -2.17. The van der Waals surface area contributed by atoms with Crippen molar-refractivity contribution in [1.82, 2.24) is 25.1 Å². The predicted octanol–water partition coefficient (Wildman–Crippen LogP) is 1.72. The van der Waals surface area contributed by atoms with Gasteiger partial charge in [-0.05, 0) is 30.5 Å². The van der Waals surface area contributed by atoms with E-state index in [-0.39, 0.29) is 11.9 Å². The summed E-state index contributed by atoms with van der Waals surface area (Å²) in [5, 5.41) is 7.06. The lowest BCUT2D eigenvalue weighted by molar-refractivity contribution is -0.122. The highest BCUT2D eigenvalue weighted by Crippen LogP contribution is 2.15. The topological polar surface area (TPSA) is 72.7 Å². The van der Waals surface area contributed by atoms with Gasteiger partial charge in [-0.1, -0.05) is 6.92 Å². The molecule has 0 aliphatic carbocycles. The highest BCUT2D eigenvalue weighted by Gasteiger charge is 2.12. The van der Waals surface area contributed by atoms with Gasteiger partial charge in [0.1, 0.15) is 12.7 Å². The standard InChI is InChI=1S/C14H19N5O/c1-2-13(12-5-7-15-8-6-12)18-14(20)4-3-9-19-11-16-10-17-19/h5-8,10-11,13H,2-4,9H2,1H3,(H,18,20). The number of nitrogens with one attached hydrogen (secondary N) is 1. The summed E-state index contributed by atoms with van der Waals surface area (Å²) in [4.78, 5) is 19.8. The smallest absolute Gasteiger partial charge is 0.220 e. The summed E-state index contributed by atoms with van der Waals surface area (Å²) in [6.45, 7) is 2.76. The quantitative estimate of drug-likeness (QED) is 0.833. The Kier molecular flexibility index (Phi) is 5.23. The summed E-state index contributed by atoms with van der Waals surface area (Å²) in [7, 11) is 0. The molecule has 1 unspecified atom stereocenters. The average molecular weight is 273 g/mol. The highest BCUT2D eigenvalue weighted by molar-refractivity contribution is 5.76. The first kappa shape index (κ1) is 14.2. The molecule has 0 saturated heterocycles. The van der Waals surface area contributed by atoms with Gasteiger partial charge in [0.25, 0.3) is 0 Å². The minimum Gasteiger partial charge on any atom is -0.349 e. The molecule has 0 radical (unpaired) electrons. The first-order chi connectivity index (χ1) is 9.79. The molecule has 1 atom stereocenters. The minimum atomic E-state index is 0.0527. The van der Waals surface area contributed by atoms with Crippen LogP contribution in [0.2, 0.25) is 0 Å². The number of nitrogens with zero attached hydrogens (tertiary/aromatic N) is 4. The number of carbonyl (C=O) groups excluding carboxylic acids is 1. The molecule has 6 heteroatoms. The number of rotatable bonds is 7. The van der Waals surface area contributed by atoms with Crippen LogP contribution in [0, 0.1) is 0 Å². The van der Waals surface area contributed by atoms with Crippen LogP contribution in [0.3, 0.4) is 0 Å². The molecule has 0 bridgehead atoms. The van der Waals surface area contributed by atoms with Gasteiger partial charge >= 0.3 is 0 Å². The van der Waals surface area contributed by atoms with Gasteiger partial charge in [-0.3, -0.25) is 14.5 Å². The molecule has 0 aromatic carbocycles. The number of aryl methyl sites for hydroxylation is 1.